The monoisotopic (exact) mass is 382 g/mol. The molecule has 0 saturated heterocycles. The summed E-state index contributed by atoms with van der Waals surface area (Å²) in [6.07, 6.45) is -0.576. The first-order valence-corrected chi connectivity index (χ1v) is 8.79. The average molecular weight is 382 g/mol. The molecule has 2 rings (SSSR count). The summed E-state index contributed by atoms with van der Waals surface area (Å²) < 4.78 is 29.7. The Morgan fingerprint density at radius 1 is 1.42 bits per heavy atom. The molecule has 0 aliphatic carbocycles. The van der Waals surface area contributed by atoms with Crippen molar-refractivity contribution in [3.8, 4) is 0 Å². The number of aromatic nitrogens is 2. The van der Waals surface area contributed by atoms with Gasteiger partial charge >= 0.3 is 5.82 Å². The van der Waals surface area contributed by atoms with Crippen LogP contribution in [0.1, 0.15) is 23.9 Å². The topological polar surface area (TPSA) is 191 Å². The summed E-state index contributed by atoms with van der Waals surface area (Å²) in [5, 5.41) is 18.2. The molecule has 140 valence electrons. The highest BCUT2D eigenvalue weighted by Gasteiger charge is 2.28. The number of aromatic amines is 1. The van der Waals surface area contributed by atoms with Crippen LogP contribution >= 0.6 is 0 Å². The molecule has 2 aromatic rings. The maximum Gasteiger partial charge on any atom is 0.340 e. The number of nitrogens with one attached hydrogen (secondary N) is 2. The first-order chi connectivity index (χ1) is 12.1. The lowest BCUT2D eigenvalue weighted by molar-refractivity contribution is -0.389. The van der Waals surface area contributed by atoms with Gasteiger partial charge in [-0.05, 0) is 24.0 Å². The number of H-pyrrole nitrogens is 1. The smallest absolute Gasteiger partial charge is 0.340 e. The Morgan fingerprint density at radius 3 is 2.54 bits per heavy atom. The van der Waals surface area contributed by atoms with Crippen LogP contribution in [0, 0.1) is 22.4 Å². The molecule has 0 spiro atoms. The van der Waals surface area contributed by atoms with Crippen LogP contribution in [0.25, 0.3) is 0 Å². The van der Waals surface area contributed by atoms with Gasteiger partial charge in [-0.15, -0.1) is 0 Å². The molecule has 11 nitrogen and oxygen atoms in total. The Morgan fingerprint density at radius 2 is 2.04 bits per heavy atom. The third kappa shape index (κ3) is 4.62. The van der Waals surface area contributed by atoms with Crippen LogP contribution < -0.4 is 11.5 Å². The Balaban J connectivity index is 2.16. The summed E-state index contributed by atoms with van der Waals surface area (Å²) >= 11 is 0. The van der Waals surface area contributed by atoms with Crippen LogP contribution in [0.15, 0.2) is 35.4 Å². The van der Waals surface area contributed by atoms with Crippen LogP contribution in [-0.2, 0) is 14.3 Å². The maximum atomic E-state index is 12.3. The van der Waals surface area contributed by atoms with Crippen LogP contribution in [0.3, 0.4) is 0 Å². The number of hydrogen-bond donors (Lipinski definition) is 4. The van der Waals surface area contributed by atoms with Gasteiger partial charge in [0.2, 0.25) is 5.82 Å². The fourth-order valence-electron chi connectivity index (χ4n) is 2.08. The van der Waals surface area contributed by atoms with Crippen molar-refractivity contribution in [2.75, 3.05) is 0 Å². The van der Waals surface area contributed by atoms with Crippen LogP contribution in [-0.4, -0.2) is 35.2 Å². The summed E-state index contributed by atoms with van der Waals surface area (Å²) in [6.45, 7) is 1.80. The average Bonchev–Trinajstić information content (AvgIpc) is 3.04. The second kappa shape index (κ2) is 7.59. The lowest BCUT2D eigenvalue weighted by Gasteiger charge is -2.18. The second-order valence-electron chi connectivity index (χ2n) is 5.56. The number of rotatable bonds is 8. The van der Waals surface area contributed by atoms with Crippen LogP contribution in [0.5, 0.6) is 0 Å². The number of imidazole rings is 1. The van der Waals surface area contributed by atoms with E-state index >= 15 is 0 Å². The molecule has 0 aliphatic rings. The third-order valence-electron chi connectivity index (χ3n) is 3.50. The molecule has 0 amide bonds. The molecule has 12 heteroatoms. The number of nitrogens with two attached hydrogens (primary N) is 2. The normalized spacial score (nSPS) is 13.9. The molecule has 1 aromatic heterocycles. The van der Waals surface area contributed by atoms with Crippen molar-refractivity contribution >= 4 is 21.8 Å². The van der Waals surface area contributed by atoms with Gasteiger partial charge in [0.05, 0.1) is 10.9 Å². The molecule has 0 bridgehead atoms. The summed E-state index contributed by atoms with van der Waals surface area (Å²) in [5.41, 5.74) is 12.2. The van der Waals surface area contributed by atoms with Gasteiger partial charge in [-0.2, -0.15) is 8.42 Å². The lowest BCUT2D eigenvalue weighted by atomic mass is 10.1. The van der Waals surface area contributed by atoms with Gasteiger partial charge in [-0.25, -0.2) is 9.97 Å². The Kier molecular flexibility index (Phi) is 5.69. The summed E-state index contributed by atoms with van der Waals surface area (Å²) in [7, 11) is -4.17. The van der Waals surface area contributed by atoms with E-state index in [9.17, 15) is 18.5 Å². The minimum atomic E-state index is -4.17. The van der Waals surface area contributed by atoms with Crippen molar-refractivity contribution in [2.24, 2.45) is 11.5 Å². The second-order valence-corrected chi connectivity index (χ2v) is 7.13. The van der Waals surface area contributed by atoms with Gasteiger partial charge < -0.3 is 21.6 Å². The van der Waals surface area contributed by atoms with E-state index in [0.717, 1.165) is 11.8 Å². The van der Waals surface area contributed by atoms with E-state index < -0.39 is 33.0 Å². The summed E-state index contributed by atoms with van der Waals surface area (Å²) in [5.74, 6) is -0.848. The zero-order valence-corrected chi connectivity index (χ0v) is 14.6. The van der Waals surface area contributed by atoms with E-state index in [1.807, 2.05) is 0 Å². The van der Waals surface area contributed by atoms with Crippen molar-refractivity contribution in [1.29, 1.82) is 5.41 Å². The number of nitrogens with zero attached hydrogens (tertiary/aromatic N) is 2. The number of aryl methyl sites for hydroxylation is 1. The molecule has 2 atom stereocenters. The van der Waals surface area contributed by atoms with Gasteiger partial charge in [0, 0.05) is 6.42 Å². The SMILES string of the molecule is Cc1ccc(S(=O)(=O)OC(CC(N)c2ncc([N+](=O)[O-])[nH]2)C(=N)N)cc1. The minimum absolute atomic E-state index is 0.0549. The molecule has 0 fully saturated rings. The summed E-state index contributed by atoms with van der Waals surface area (Å²) in [4.78, 5) is 16.1. The van der Waals surface area contributed by atoms with E-state index in [4.69, 9.17) is 21.1 Å². The molecule has 0 saturated carbocycles. The highest BCUT2D eigenvalue weighted by atomic mass is 32.2. The Labute approximate surface area is 149 Å². The van der Waals surface area contributed by atoms with E-state index in [1.54, 1.807) is 19.1 Å². The number of nitro groups is 1. The predicted molar refractivity (Wildman–Crippen MR) is 91.9 cm³/mol. The highest BCUT2D eigenvalue weighted by molar-refractivity contribution is 7.86. The van der Waals surface area contributed by atoms with Crippen molar-refractivity contribution < 1.29 is 17.5 Å². The van der Waals surface area contributed by atoms with Gasteiger partial charge in [0.1, 0.15) is 18.1 Å². The summed E-state index contributed by atoms with van der Waals surface area (Å²) in [6, 6.07) is 5.00. The van der Waals surface area contributed by atoms with Gasteiger partial charge in [0.15, 0.2) is 0 Å². The fraction of sp³-hybridized carbons (Fsp3) is 0.286. The minimum Gasteiger partial charge on any atom is -0.385 e. The van der Waals surface area contributed by atoms with E-state index in [0.29, 0.717) is 0 Å². The van der Waals surface area contributed by atoms with Crippen molar-refractivity contribution in [1.82, 2.24) is 9.97 Å². The van der Waals surface area contributed by atoms with E-state index in [1.165, 1.54) is 12.1 Å². The molecule has 0 radical (unpaired) electrons. The number of benzene rings is 1. The number of hydrogen-bond acceptors (Lipinski definition) is 8. The molecule has 0 aliphatic heterocycles. The molecular formula is C14H18N6O5S. The van der Waals surface area contributed by atoms with Gasteiger partial charge in [-0.3, -0.25) is 9.59 Å². The Hall–Kier alpha value is -2.83. The third-order valence-corrected chi connectivity index (χ3v) is 4.83. The van der Waals surface area contributed by atoms with E-state index in [-0.39, 0.29) is 23.0 Å². The molecule has 2 unspecified atom stereocenters. The number of amidine groups is 1. The standard InChI is InChI=1S/C14H18N6O5S/c1-8-2-4-9(5-3-8)26(23,24)25-11(13(16)17)6-10(15)14-18-7-12(19-14)20(21)22/h2-5,7,10-11H,6,15H2,1H3,(H3,16,17)(H,18,19). The molecule has 6 N–H and O–H groups in total. The molecule has 1 aromatic carbocycles. The first kappa shape index (κ1) is 19.5. The lowest BCUT2D eigenvalue weighted by Crippen LogP contribution is -2.35. The van der Waals surface area contributed by atoms with Gasteiger partial charge in [0.25, 0.3) is 10.1 Å². The zero-order chi connectivity index (χ0) is 19.5. The fourth-order valence-corrected chi connectivity index (χ4v) is 3.15. The van der Waals surface area contributed by atoms with Crippen LogP contribution in [0.4, 0.5) is 5.82 Å². The Bertz CT molecular complexity index is 908. The van der Waals surface area contributed by atoms with E-state index in [2.05, 4.69) is 9.97 Å². The van der Waals surface area contributed by atoms with Crippen LogP contribution in [0.2, 0.25) is 0 Å². The van der Waals surface area contributed by atoms with Crippen molar-refractivity contribution in [3.05, 3.63) is 52.0 Å². The maximum absolute atomic E-state index is 12.3. The van der Waals surface area contributed by atoms with Gasteiger partial charge in [-0.1, -0.05) is 17.7 Å². The molecule has 26 heavy (non-hydrogen) atoms. The van der Waals surface area contributed by atoms with Crippen molar-refractivity contribution in [2.45, 2.75) is 30.4 Å². The quantitative estimate of drug-likeness (QED) is 0.169. The molecular weight excluding hydrogens is 364 g/mol. The zero-order valence-electron chi connectivity index (χ0n) is 13.7. The highest BCUT2D eigenvalue weighted by Crippen LogP contribution is 2.21. The predicted octanol–water partition coefficient (Wildman–Crippen LogP) is 0.726. The first-order valence-electron chi connectivity index (χ1n) is 7.39. The largest absolute Gasteiger partial charge is 0.385 e. The van der Waals surface area contributed by atoms with Crippen molar-refractivity contribution in [3.63, 3.8) is 0 Å². The molecule has 1 heterocycles.